The van der Waals surface area contributed by atoms with Crippen molar-refractivity contribution in [2.24, 2.45) is 0 Å². The third-order valence-electron chi connectivity index (χ3n) is 3.94. The van der Waals surface area contributed by atoms with E-state index < -0.39 is 0 Å². The number of hydrogen-bond acceptors (Lipinski definition) is 4. The molecule has 0 aliphatic carbocycles. The van der Waals surface area contributed by atoms with Crippen LogP contribution in [0.25, 0.3) is 23.3 Å². The van der Waals surface area contributed by atoms with E-state index in [0.717, 1.165) is 40.5 Å². The van der Waals surface area contributed by atoms with Crippen molar-refractivity contribution in [3.05, 3.63) is 54.3 Å². The maximum absolute atomic E-state index is 6.04. The molecule has 30 heavy (non-hydrogen) atoms. The SMILES string of the molecule is COCCOc1cc(C=C(Br)Br)ccc1-c1ccc(C=C(Br)Br)cc1OCCOC. The Morgan fingerprint density at radius 3 is 1.40 bits per heavy atom. The summed E-state index contributed by atoms with van der Waals surface area (Å²) in [6.45, 7) is 1.90. The molecule has 0 N–H and O–H groups in total. The average Bonchev–Trinajstić information content (AvgIpc) is 2.68. The Morgan fingerprint density at radius 2 is 1.07 bits per heavy atom. The number of rotatable bonds is 11. The topological polar surface area (TPSA) is 36.9 Å². The van der Waals surface area contributed by atoms with Crippen molar-refractivity contribution in [3.63, 3.8) is 0 Å². The first-order valence-corrected chi connectivity index (χ1v) is 12.2. The van der Waals surface area contributed by atoms with Crippen LogP contribution in [0.3, 0.4) is 0 Å². The zero-order valence-corrected chi connectivity index (χ0v) is 22.9. The van der Waals surface area contributed by atoms with Gasteiger partial charge in [-0.25, -0.2) is 0 Å². The molecule has 0 atom stereocenters. The van der Waals surface area contributed by atoms with Gasteiger partial charge in [-0.15, -0.1) is 0 Å². The van der Waals surface area contributed by atoms with Crippen molar-refractivity contribution < 1.29 is 18.9 Å². The fourth-order valence-corrected chi connectivity index (χ4v) is 3.72. The van der Waals surface area contributed by atoms with Gasteiger partial charge in [0, 0.05) is 25.3 Å². The van der Waals surface area contributed by atoms with Crippen LogP contribution in [-0.2, 0) is 9.47 Å². The fourth-order valence-electron chi connectivity index (χ4n) is 2.66. The van der Waals surface area contributed by atoms with Crippen molar-refractivity contribution in [1.29, 1.82) is 0 Å². The predicted molar refractivity (Wildman–Crippen MR) is 138 cm³/mol. The zero-order valence-electron chi connectivity index (χ0n) is 16.6. The summed E-state index contributed by atoms with van der Waals surface area (Å²) in [6.07, 6.45) is 3.93. The lowest BCUT2D eigenvalue weighted by Gasteiger charge is -2.17. The van der Waals surface area contributed by atoms with Crippen molar-refractivity contribution in [2.75, 3.05) is 40.6 Å². The lowest BCUT2D eigenvalue weighted by molar-refractivity contribution is 0.145. The lowest BCUT2D eigenvalue weighted by Crippen LogP contribution is -2.07. The summed E-state index contributed by atoms with van der Waals surface area (Å²) in [5.74, 6) is 1.51. The molecular weight excluding hydrogens is 648 g/mol. The third-order valence-corrected chi connectivity index (χ3v) is 4.86. The smallest absolute Gasteiger partial charge is 0.127 e. The molecule has 0 unspecified atom stereocenters. The van der Waals surface area contributed by atoms with E-state index in [-0.39, 0.29) is 0 Å². The monoisotopic (exact) mass is 666 g/mol. The Kier molecular flexibility index (Phi) is 11.7. The van der Waals surface area contributed by atoms with Crippen LogP contribution < -0.4 is 9.47 Å². The van der Waals surface area contributed by atoms with E-state index in [2.05, 4.69) is 63.7 Å². The fraction of sp³-hybridized carbons (Fsp3) is 0.273. The van der Waals surface area contributed by atoms with E-state index in [1.54, 1.807) is 14.2 Å². The summed E-state index contributed by atoms with van der Waals surface area (Å²) in [6, 6.07) is 12.1. The van der Waals surface area contributed by atoms with Gasteiger partial charge in [0.2, 0.25) is 0 Å². The van der Waals surface area contributed by atoms with Crippen molar-refractivity contribution in [2.45, 2.75) is 0 Å². The van der Waals surface area contributed by atoms with E-state index in [1.807, 2.05) is 48.6 Å². The quantitative estimate of drug-likeness (QED) is 0.231. The molecule has 2 aromatic rings. The normalized spacial score (nSPS) is 10.5. The molecule has 0 bridgehead atoms. The standard InChI is InChI=1S/C22H22Br4O4/c1-27-7-9-29-19-11-15(13-21(23)24)3-5-17(19)18-6-4-16(14-22(25)26)12-20(18)30-10-8-28-2/h3-6,11-14H,7-10H2,1-2H3. The summed E-state index contributed by atoms with van der Waals surface area (Å²) in [5.41, 5.74) is 3.88. The Bertz CT molecular complexity index is 815. The first-order chi connectivity index (χ1) is 14.4. The second kappa shape index (κ2) is 13.7. The van der Waals surface area contributed by atoms with Crippen LogP contribution in [0.2, 0.25) is 0 Å². The van der Waals surface area contributed by atoms with E-state index in [4.69, 9.17) is 18.9 Å². The largest absolute Gasteiger partial charge is 0.491 e. The maximum Gasteiger partial charge on any atom is 0.127 e. The predicted octanol–water partition coefficient (Wildman–Crippen LogP) is 7.58. The third kappa shape index (κ3) is 8.48. The molecule has 2 aromatic carbocycles. The minimum absolute atomic E-state index is 0.448. The molecule has 162 valence electrons. The van der Waals surface area contributed by atoms with E-state index >= 15 is 0 Å². The van der Waals surface area contributed by atoms with Gasteiger partial charge in [0.15, 0.2) is 0 Å². The molecule has 0 aliphatic heterocycles. The van der Waals surface area contributed by atoms with Crippen molar-refractivity contribution >= 4 is 75.9 Å². The molecule has 0 saturated heterocycles. The number of methoxy groups -OCH3 is 2. The van der Waals surface area contributed by atoms with E-state index in [1.165, 1.54) is 0 Å². The molecular formula is C22H22Br4O4. The van der Waals surface area contributed by atoms with Gasteiger partial charge in [0.25, 0.3) is 0 Å². The van der Waals surface area contributed by atoms with E-state index in [9.17, 15) is 0 Å². The first-order valence-electron chi connectivity index (χ1n) is 9.02. The van der Waals surface area contributed by atoms with Crippen LogP contribution in [0.1, 0.15) is 11.1 Å². The summed E-state index contributed by atoms with van der Waals surface area (Å²) >= 11 is 13.6. The molecule has 0 fully saturated rings. The van der Waals surface area contributed by atoms with Crippen LogP contribution in [0, 0.1) is 0 Å². The highest BCUT2D eigenvalue weighted by Gasteiger charge is 2.14. The summed E-state index contributed by atoms with van der Waals surface area (Å²) < 4.78 is 24.1. The maximum atomic E-state index is 6.04. The second-order valence-corrected chi connectivity index (χ2v) is 11.6. The molecule has 4 nitrogen and oxygen atoms in total. The van der Waals surface area contributed by atoms with Crippen molar-refractivity contribution in [3.8, 4) is 22.6 Å². The van der Waals surface area contributed by atoms with Gasteiger partial charge >= 0.3 is 0 Å². The molecule has 0 aliphatic rings. The highest BCUT2D eigenvalue weighted by molar-refractivity contribution is 9.28. The van der Waals surface area contributed by atoms with Crippen LogP contribution in [0.5, 0.6) is 11.5 Å². The summed E-state index contributed by atoms with van der Waals surface area (Å²) in [7, 11) is 3.31. The number of ether oxygens (including phenoxy) is 4. The lowest BCUT2D eigenvalue weighted by atomic mass is 10.00. The number of hydrogen-bond donors (Lipinski definition) is 0. The molecule has 0 saturated carbocycles. The first kappa shape index (κ1) is 25.6. The molecule has 0 spiro atoms. The van der Waals surface area contributed by atoms with E-state index in [0.29, 0.717) is 26.4 Å². The summed E-state index contributed by atoms with van der Waals surface area (Å²) in [4.78, 5) is 0. The minimum atomic E-state index is 0.448. The van der Waals surface area contributed by atoms with Crippen LogP contribution in [-0.4, -0.2) is 40.6 Å². The number of halogens is 4. The molecule has 8 heteroatoms. The van der Waals surface area contributed by atoms with Gasteiger partial charge in [-0.05, 0) is 111 Å². The van der Waals surface area contributed by atoms with Crippen LogP contribution in [0.4, 0.5) is 0 Å². The highest BCUT2D eigenvalue weighted by Crippen LogP contribution is 2.39. The van der Waals surface area contributed by atoms with Gasteiger partial charge in [-0.1, -0.05) is 12.1 Å². The average molecular weight is 670 g/mol. The Morgan fingerprint density at radius 1 is 0.667 bits per heavy atom. The molecule has 0 heterocycles. The Hall–Kier alpha value is -0.640. The number of benzene rings is 2. The van der Waals surface area contributed by atoms with Gasteiger partial charge < -0.3 is 18.9 Å². The van der Waals surface area contributed by atoms with Gasteiger partial charge in [-0.2, -0.15) is 0 Å². The Labute approximate surface area is 211 Å². The zero-order chi connectivity index (χ0) is 21.9. The molecule has 0 aromatic heterocycles. The Balaban J connectivity index is 2.52. The molecule has 0 amide bonds. The highest BCUT2D eigenvalue weighted by atomic mass is 79.9. The van der Waals surface area contributed by atoms with Crippen LogP contribution in [0.15, 0.2) is 43.2 Å². The van der Waals surface area contributed by atoms with Crippen molar-refractivity contribution in [1.82, 2.24) is 0 Å². The summed E-state index contributed by atoms with van der Waals surface area (Å²) in [5, 5.41) is 0. The van der Waals surface area contributed by atoms with Gasteiger partial charge in [-0.3, -0.25) is 0 Å². The second-order valence-electron chi connectivity index (χ2n) is 6.06. The van der Waals surface area contributed by atoms with Gasteiger partial charge in [0.1, 0.15) is 24.7 Å². The minimum Gasteiger partial charge on any atom is -0.491 e. The molecule has 2 rings (SSSR count). The molecule has 0 radical (unpaired) electrons. The van der Waals surface area contributed by atoms with Gasteiger partial charge in [0.05, 0.1) is 20.0 Å². The van der Waals surface area contributed by atoms with Crippen LogP contribution >= 0.6 is 63.7 Å².